The van der Waals surface area contributed by atoms with Gasteiger partial charge in [-0.3, -0.25) is 0 Å². The van der Waals surface area contributed by atoms with Crippen LogP contribution in [0.25, 0.3) is 0 Å². The van der Waals surface area contributed by atoms with Crippen LogP contribution in [0.5, 0.6) is 0 Å². The predicted molar refractivity (Wildman–Crippen MR) is 72.6 cm³/mol. The Balaban J connectivity index is 2.13. The highest BCUT2D eigenvalue weighted by atomic mass is 79.9. The first-order chi connectivity index (χ1) is 8.56. The van der Waals surface area contributed by atoms with Gasteiger partial charge in [0.1, 0.15) is 11.6 Å². The van der Waals surface area contributed by atoms with Gasteiger partial charge in [-0.2, -0.15) is 0 Å². The molecule has 0 saturated carbocycles. The first-order valence-electron chi connectivity index (χ1n) is 5.50. The molecule has 2 aromatic carbocycles. The van der Waals surface area contributed by atoms with Crippen LogP contribution >= 0.6 is 15.9 Å². The molecule has 2 rings (SSSR count). The Bertz CT molecular complexity index is 570. The van der Waals surface area contributed by atoms with E-state index in [9.17, 15) is 8.78 Å². The average Bonchev–Trinajstić information content (AvgIpc) is 2.32. The van der Waals surface area contributed by atoms with Crippen LogP contribution in [-0.2, 0) is 6.54 Å². The largest absolute Gasteiger partial charge is 0.379 e. The third-order valence-corrected chi connectivity index (χ3v) is 3.38. The fraction of sp³-hybridized carbons (Fsp3) is 0.143. The molecule has 0 unspecified atom stereocenters. The zero-order valence-electron chi connectivity index (χ0n) is 9.81. The van der Waals surface area contributed by atoms with Crippen molar-refractivity contribution in [2.75, 3.05) is 5.32 Å². The molecule has 0 radical (unpaired) electrons. The Morgan fingerprint density at radius 1 is 1.11 bits per heavy atom. The monoisotopic (exact) mass is 311 g/mol. The maximum atomic E-state index is 13.6. The molecule has 0 spiro atoms. The van der Waals surface area contributed by atoms with E-state index in [-0.39, 0.29) is 11.6 Å². The molecule has 4 heteroatoms. The summed E-state index contributed by atoms with van der Waals surface area (Å²) in [6.45, 7) is 2.19. The van der Waals surface area contributed by atoms with E-state index in [0.29, 0.717) is 12.2 Å². The Morgan fingerprint density at radius 3 is 2.61 bits per heavy atom. The van der Waals surface area contributed by atoms with Gasteiger partial charge in [-0.15, -0.1) is 0 Å². The summed E-state index contributed by atoms with van der Waals surface area (Å²) in [5.74, 6) is -0.609. The summed E-state index contributed by atoms with van der Waals surface area (Å²) in [6, 6.07) is 9.40. The lowest BCUT2D eigenvalue weighted by atomic mass is 10.2. The molecule has 0 aliphatic heterocycles. The summed E-state index contributed by atoms with van der Waals surface area (Å²) in [6.07, 6.45) is 0. The van der Waals surface area contributed by atoms with E-state index in [1.807, 2.05) is 13.0 Å². The van der Waals surface area contributed by atoms with Gasteiger partial charge >= 0.3 is 0 Å². The lowest BCUT2D eigenvalue weighted by Crippen LogP contribution is -2.02. The number of benzene rings is 2. The van der Waals surface area contributed by atoms with E-state index in [4.69, 9.17) is 0 Å². The summed E-state index contributed by atoms with van der Waals surface area (Å²) >= 11 is 3.33. The van der Waals surface area contributed by atoms with Crippen LogP contribution in [0.4, 0.5) is 14.5 Å². The Labute approximate surface area is 113 Å². The fourth-order valence-corrected chi connectivity index (χ4v) is 2.02. The normalized spacial score (nSPS) is 10.4. The summed E-state index contributed by atoms with van der Waals surface area (Å²) in [4.78, 5) is 0. The van der Waals surface area contributed by atoms with Crippen LogP contribution in [0.1, 0.15) is 11.1 Å². The summed E-state index contributed by atoms with van der Waals surface area (Å²) in [7, 11) is 0. The van der Waals surface area contributed by atoms with Crippen molar-refractivity contribution in [2.45, 2.75) is 13.5 Å². The lowest BCUT2D eigenvalue weighted by Gasteiger charge is -2.09. The molecule has 0 bridgehead atoms. The molecule has 1 N–H and O–H groups in total. The molecule has 0 aliphatic rings. The molecule has 2 aromatic rings. The number of halogens is 3. The second kappa shape index (κ2) is 5.48. The van der Waals surface area contributed by atoms with E-state index in [1.165, 1.54) is 18.2 Å². The van der Waals surface area contributed by atoms with E-state index in [0.717, 1.165) is 15.6 Å². The highest BCUT2D eigenvalue weighted by Gasteiger charge is 2.05. The molecule has 0 saturated heterocycles. The topological polar surface area (TPSA) is 12.0 Å². The van der Waals surface area contributed by atoms with Gasteiger partial charge in [0.05, 0.1) is 5.69 Å². The third kappa shape index (κ3) is 3.07. The van der Waals surface area contributed by atoms with Gasteiger partial charge in [-0.1, -0.05) is 22.0 Å². The molecule has 0 heterocycles. The van der Waals surface area contributed by atoms with Gasteiger partial charge in [-0.25, -0.2) is 8.78 Å². The van der Waals surface area contributed by atoms with Crippen LogP contribution in [0, 0.1) is 18.6 Å². The minimum atomic E-state index is -0.306. The Kier molecular flexibility index (Phi) is 3.97. The molecular formula is C14H12BrF2N. The Hall–Kier alpha value is -1.42. The Morgan fingerprint density at radius 2 is 1.89 bits per heavy atom. The quantitative estimate of drug-likeness (QED) is 0.870. The molecule has 94 valence electrons. The number of anilines is 1. The highest BCUT2D eigenvalue weighted by molar-refractivity contribution is 9.10. The van der Waals surface area contributed by atoms with Crippen LogP contribution in [0.2, 0.25) is 0 Å². The predicted octanol–water partition coefficient (Wildman–Crippen LogP) is 4.65. The smallest absolute Gasteiger partial charge is 0.146 e. The maximum Gasteiger partial charge on any atom is 0.146 e. The van der Waals surface area contributed by atoms with Crippen molar-refractivity contribution in [3.63, 3.8) is 0 Å². The van der Waals surface area contributed by atoms with Crippen molar-refractivity contribution in [1.82, 2.24) is 0 Å². The number of aryl methyl sites for hydroxylation is 1. The average molecular weight is 312 g/mol. The number of hydrogen-bond donors (Lipinski definition) is 1. The van der Waals surface area contributed by atoms with Gasteiger partial charge in [-0.05, 0) is 48.4 Å². The summed E-state index contributed by atoms with van der Waals surface area (Å²) in [5.41, 5.74) is 2.02. The second-order valence-electron chi connectivity index (χ2n) is 4.07. The van der Waals surface area contributed by atoms with Crippen molar-refractivity contribution in [3.05, 3.63) is 63.6 Å². The van der Waals surface area contributed by atoms with Crippen LogP contribution < -0.4 is 5.32 Å². The maximum absolute atomic E-state index is 13.6. The van der Waals surface area contributed by atoms with Crippen LogP contribution in [0.15, 0.2) is 40.9 Å². The first kappa shape index (κ1) is 13.0. The molecule has 0 atom stereocenters. The zero-order valence-corrected chi connectivity index (χ0v) is 11.4. The molecule has 0 aliphatic carbocycles. The molecule has 0 amide bonds. The fourth-order valence-electron chi connectivity index (χ4n) is 1.63. The van der Waals surface area contributed by atoms with E-state index < -0.39 is 0 Å². The first-order valence-corrected chi connectivity index (χ1v) is 6.29. The summed E-state index contributed by atoms with van der Waals surface area (Å²) < 4.78 is 27.5. The van der Waals surface area contributed by atoms with Crippen molar-refractivity contribution in [2.24, 2.45) is 0 Å². The standard InChI is InChI=1S/C14H12BrF2N/c1-9-2-5-14(13(17)6-9)18-8-10-7-11(16)3-4-12(10)15/h2-7,18H,8H2,1H3. The van der Waals surface area contributed by atoms with E-state index in [1.54, 1.807) is 12.1 Å². The van der Waals surface area contributed by atoms with Gasteiger partial charge in [0.25, 0.3) is 0 Å². The van der Waals surface area contributed by atoms with Crippen LogP contribution in [-0.4, -0.2) is 0 Å². The van der Waals surface area contributed by atoms with Crippen molar-refractivity contribution >= 4 is 21.6 Å². The third-order valence-electron chi connectivity index (χ3n) is 2.60. The van der Waals surface area contributed by atoms with E-state index >= 15 is 0 Å². The van der Waals surface area contributed by atoms with Crippen molar-refractivity contribution < 1.29 is 8.78 Å². The number of nitrogens with one attached hydrogen (secondary N) is 1. The number of hydrogen-bond acceptors (Lipinski definition) is 1. The van der Waals surface area contributed by atoms with Crippen molar-refractivity contribution in [3.8, 4) is 0 Å². The molecule has 0 aromatic heterocycles. The second-order valence-corrected chi connectivity index (χ2v) is 4.93. The van der Waals surface area contributed by atoms with Gasteiger partial charge in [0.15, 0.2) is 0 Å². The van der Waals surface area contributed by atoms with Gasteiger partial charge < -0.3 is 5.32 Å². The van der Waals surface area contributed by atoms with Crippen LogP contribution in [0.3, 0.4) is 0 Å². The SMILES string of the molecule is Cc1ccc(NCc2cc(F)ccc2Br)c(F)c1. The number of rotatable bonds is 3. The summed E-state index contributed by atoms with van der Waals surface area (Å²) in [5, 5.41) is 2.95. The van der Waals surface area contributed by atoms with Gasteiger partial charge in [0.2, 0.25) is 0 Å². The molecular weight excluding hydrogens is 300 g/mol. The lowest BCUT2D eigenvalue weighted by molar-refractivity contribution is 0.624. The minimum absolute atomic E-state index is 0.303. The molecule has 1 nitrogen and oxygen atoms in total. The zero-order chi connectivity index (χ0) is 13.1. The molecule has 0 fully saturated rings. The highest BCUT2D eigenvalue weighted by Crippen LogP contribution is 2.21. The van der Waals surface area contributed by atoms with E-state index in [2.05, 4.69) is 21.2 Å². The minimum Gasteiger partial charge on any atom is -0.379 e. The van der Waals surface area contributed by atoms with Gasteiger partial charge in [0, 0.05) is 11.0 Å². The van der Waals surface area contributed by atoms with Crippen molar-refractivity contribution in [1.29, 1.82) is 0 Å². The molecule has 18 heavy (non-hydrogen) atoms.